The smallest absolute Gasteiger partial charge is 0.224 e. The topological polar surface area (TPSA) is 49.4 Å². The van der Waals surface area contributed by atoms with Crippen LogP contribution < -0.4 is 5.32 Å². The van der Waals surface area contributed by atoms with Crippen molar-refractivity contribution < 1.29 is 9.59 Å². The lowest BCUT2D eigenvalue weighted by molar-refractivity contribution is -0.130. The van der Waals surface area contributed by atoms with Crippen LogP contribution in [0, 0.1) is 0 Å². The average molecular weight is 262 g/mol. The van der Waals surface area contributed by atoms with Gasteiger partial charge in [-0.1, -0.05) is 12.1 Å². The van der Waals surface area contributed by atoms with E-state index in [-0.39, 0.29) is 11.7 Å². The summed E-state index contributed by atoms with van der Waals surface area (Å²) in [6.45, 7) is 7.57. The maximum Gasteiger partial charge on any atom is 0.224 e. The zero-order valence-corrected chi connectivity index (χ0v) is 11.9. The summed E-state index contributed by atoms with van der Waals surface area (Å²) in [4.78, 5) is 24.9. The molecule has 104 valence electrons. The number of nitrogens with one attached hydrogen (secondary N) is 1. The number of ketones is 1. The molecule has 0 fully saturated rings. The van der Waals surface area contributed by atoms with Crippen LogP contribution in [0.3, 0.4) is 0 Å². The summed E-state index contributed by atoms with van der Waals surface area (Å²) in [6, 6.07) is 7.33. The highest BCUT2D eigenvalue weighted by atomic mass is 16.2. The van der Waals surface area contributed by atoms with E-state index in [1.807, 2.05) is 36.9 Å². The van der Waals surface area contributed by atoms with Gasteiger partial charge in [-0.05, 0) is 32.9 Å². The first-order valence-electron chi connectivity index (χ1n) is 6.71. The van der Waals surface area contributed by atoms with E-state index in [4.69, 9.17) is 0 Å². The van der Waals surface area contributed by atoms with Crippen LogP contribution >= 0.6 is 0 Å². The van der Waals surface area contributed by atoms with Gasteiger partial charge in [-0.2, -0.15) is 0 Å². The second-order valence-electron chi connectivity index (χ2n) is 4.38. The summed E-state index contributed by atoms with van der Waals surface area (Å²) in [7, 11) is 0. The number of hydrogen-bond acceptors (Lipinski definition) is 3. The minimum atomic E-state index is 0.0443. The molecule has 1 aromatic rings. The molecule has 1 N–H and O–H groups in total. The van der Waals surface area contributed by atoms with Crippen LogP contribution in [0.1, 0.15) is 37.6 Å². The number of Topliss-reactive ketones (excluding diaryl/α,β-unsaturated/α-hetero) is 1. The highest BCUT2D eigenvalue weighted by Gasteiger charge is 2.08. The van der Waals surface area contributed by atoms with E-state index in [2.05, 4.69) is 5.32 Å². The largest absolute Gasteiger partial charge is 0.385 e. The fourth-order valence-electron chi connectivity index (χ4n) is 1.90. The van der Waals surface area contributed by atoms with Crippen molar-refractivity contribution in [3.05, 3.63) is 29.8 Å². The molecule has 19 heavy (non-hydrogen) atoms. The van der Waals surface area contributed by atoms with Crippen LogP contribution in [0.5, 0.6) is 0 Å². The van der Waals surface area contributed by atoms with Crippen molar-refractivity contribution in [1.29, 1.82) is 0 Å². The molecule has 0 saturated carbocycles. The molecule has 1 aromatic carbocycles. The molecule has 0 spiro atoms. The monoisotopic (exact) mass is 262 g/mol. The zero-order chi connectivity index (χ0) is 14.3. The minimum absolute atomic E-state index is 0.0443. The Balaban J connectivity index is 2.47. The van der Waals surface area contributed by atoms with E-state index in [0.29, 0.717) is 18.5 Å². The Hall–Kier alpha value is -1.84. The lowest BCUT2D eigenvalue weighted by atomic mass is 10.1. The number of carbonyl (C=O) groups is 2. The zero-order valence-electron chi connectivity index (χ0n) is 11.9. The van der Waals surface area contributed by atoms with Gasteiger partial charge in [0.15, 0.2) is 5.78 Å². The quantitative estimate of drug-likeness (QED) is 0.768. The predicted octanol–water partition coefficient (Wildman–Crippen LogP) is 2.56. The SMILES string of the molecule is CCN(CC)C(=O)CCNc1cccc(C(C)=O)c1. The maximum absolute atomic E-state index is 11.8. The molecule has 0 bridgehead atoms. The van der Waals surface area contributed by atoms with Crippen molar-refractivity contribution in [2.45, 2.75) is 27.2 Å². The van der Waals surface area contributed by atoms with Crippen LogP contribution in [-0.2, 0) is 4.79 Å². The number of anilines is 1. The van der Waals surface area contributed by atoms with Crippen molar-refractivity contribution in [3.8, 4) is 0 Å². The van der Waals surface area contributed by atoms with Gasteiger partial charge in [0.2, 0.25) is 5.91 Å². The van der Waals surface area contributed by atoms with Crippen molar-refractivity contribution in [3.63, 3.8) is 0 Å². The highest BCUT2D eigenvalue weighted by Crippen LogP contribution is 2.11. The van der Waals surface area contributed by atoms with Crippen LogP contribution in [0.2, 0.25) is 0 Å². The number of carbonyl (C=O) groups excluding carboxylic acids is 2. The molecular formula is C15H22N2O2. The summed E-state index contributed by atoms with van der Waals surface area (Å²) in [5.41, 5.74) is 1.56. The van der Waals surface area contributed by atoms with E-state index in [9.17, 15) is 9.59 Å². The van der Waals surface area contributed by atoms with E-state index in [1.165, 1.54) is 0 Å². The summed E-state index contributed by atoms with van der Waals surface area (Å²) in [5.74, 6) is 0.197. The third-order valence-electron chi connectivity index (χ3n) is 3.05. The number of hydrogen-bond donors (Lipinski definition) is 1. The molecule has 4 nitrogen and oxygen atoms in total. The molecule has 4 heteroatoms. The number of amides is 1. The Labute approximate surface area is 114 Å². The lowest BCUT2D eigenvalue weighted by Crippen LogP contribution is -2.31. The fraction of sp³-hybridized carbons (Fsp3) is 0.467. The summed E-state index contributed by atoms with van der Waals surface area (Å²) in [6.07, 6.45) is 0.464. The Morgan fingerprint density at radius 1 is 1.21 bits per heavy atom. The highest BCUT2D eigenvalue weighted by molar-refractivity contribution is 5.94. The third kappa shape index (κ3) is 4.73. The molecule has 0 aromatic heterocycles. The number of rotatable bonds is 7. The minimum Gasteiger partial charge on any atom is -0.385 e. The molecule has 0 aliphatic heterocycles. The number of nitrogens with zero attached hydrogens (tertiary/aromatic N) is 1. The molecular weight excluding hydrogens is 240 g/mol. The Morgan fingerprint density at radius 3 is 2.47 bits per heavy atom. The summed E-state index contributed by atoms with van der Waals surface area (Å²) >= 11 is 0. The van der Waals surface area contributed by atoms with Gasteiger partial charge in [-0.25, -0.2) is 0 Å². The molecule has 1 rings (SSSR count). The Morgan fingerprint density at radius 2 is 1.89 bits per heavy atom. The number of benzene rings is 1. The molecule has 0 heterocycles. The van der Waals surface area contributed by atoms with Crippen LogP contribution in [0.25, 0.3) is 0 Å². The molecule has 0 atom stereocenters. The summed E-state index contributed by atoms with van der Waals surface area (Å²) < 4.78 is 0. The van der Waals surface area contributed by atoms with Crippen LogP contribution in [-0.4, -0.2) is 36.2 Å². The van der Waals surface area contributed by atoms with Gasteiger partial charge in [0.05, 0.1) is 0 Å². The van der Waals surface area contributed by atoms with Crippen molar-refractivity contribution in [2.24, 2.45) is 0 Å². The normalized spacial score (nSPS) is 10.1. The van der Waals surface area contributed by atoms with E-state index >= 15 is 0 Å². The molecule has 1 amide bonds. The first-order valence-corrected chi connectivity index (χ1v) is 6.71. The molecule has 0 unspecified atom stereocenters. The van der Waals surface area contributed by atoms with Crippen LogP contribution in [0.4, 0.5) is 5.69 Å². The van der Waals surface area contributed by atoms with Gasteiger partial charge in [0.1, 0.15) is 0 Å². The molecule has 0 aliphatic carbocycles. The fourth-order valence-corrected chi connectivity index (χ4v) is 1.90. The van der Waals surface area contributed by atoms with Crippen LogP contribution in [0.15, 0.2) is 24.3 Å². The van der Waals surface area contributed by atoms with Gasteiger partial charge < -0.3 is 10.2 Å². The Bertz CT molecular complexity index is 440. The second-order valence-corrected chi connectivity index (χ2v) is 4.38. The Kier molecular flexibility index (Phi) is 6.06. The first kappa shape index (κ1) is 15.2. The van der Waals surface area contributed by atoms with Gasteiger partial charge in [0, 0.05) is 37.3 Å². The predicted molar refractivity (Wildman–Crippen MR) is 77.5 cm³/mol. The lowest BCUT2D eigenvalue weighted by Gasteiger charge is -2.18. The average Bonchev–Trinajstić information content (AvgIpc) is 2.40. The molecule has 0 aliphatic rings. The van der Waals surface area contributed by atoms with E-state index < -0.39 is 0 Å². The van der Waals surface area contributed by atoms with E-state index in [1.54, 1.807) is 13.0 Å². The van der Waals surface area contributed by atoms with Crippen molar-refractivity contribution >= 4 is 17.4 Å². The maximum atomic E-state index is 11.8. The van der Waals surface area contributed by atoms with E-state index in [0.717, 1.165) is 18.8 Å². The van der Waals surface area contributed by atoms with Crippen molar-refractivity contribution in [2.75, 3.05) is 25.0 Å². The third-order valence-corrected chi connectivity index (χ3v) is 3.05. The van der Waals surface area contributed by atoms with Crippen molar-refractivity contribution in [1.82, 2.24) is 4.90 Å². The molecule has 0 radical (unpaired) electrons. The second kappa shape index (κ2) is 7.56. The summed E-state index contributed by atoms with van der Waals surface area (Å²) in [5, 5.41) is 3.17. The first-order chi connectivity index (χ1) is 9.08. The van der Waals surface area contributed by atoms with Gasteiger partial charge in [-0.3, -0.25) is 9.59 Å². The van der Waals surface area contributed by atoms with Gasteiger partial charge in [0.25, 0.3) is 0 Å². The van der Waals surface area contributed by atoms with Gasteiger partial charge >= 0.3 is 0 Å². The standard InChI is InChI=1S/C15H22N2O2/c1-4-17(5-2)15(19)9-10-16-14-8-6-7-13(11-14)12(3)18/h6-8,11,16H,4-5,9-10H2,1-3H3. The van der Waals surface area contributed by atoms with Gasteiger partial charge in [-0.15, -0.1) is 0 Å². The molecule has 0 saturated heterocycles.